The lowest BCUT2D eigenvalue weighted by Crippen LogP contribution is -2.47. The Morgan fingerprint density at radius 3 is 2.41 bits per heavy atom. The normalized spacial score (nSPS) is 14.7. The van der Waals surface area contributed by atoms with Crippen LogP contribution in [-0.2, 0) is 12.1 Å². The number of hydrogen-bond acceptors (Lipinski definition) is 4. The molecule has 0 aliphatic heterocycles. The third-order valence-corrected chi connectivity index (χ3v) is 6.98. The molecule has 6 rings (SSSR count). The smallest absolute Gasteiger partial charge is 0.224 e. The number of nitrogens with zero attached hydrogens (tertiary/aromatic N) is 4. The Hall–Kier alpha value is -3.54. The monoisotopic (exact) mass is 465 g/mol. The zero-order valence-electron chi connectivity index (χ0n) is 18.7. The molecule has 0 saturated heterocycles. The predicted molar refractivity (Wildman–Crippen MR) is 136 cm³/mol. The van der Waals surface area contributed by atoms with Gasteiger partial charge in [0.15, 0.2) is 0 Å². The molecule has 1 aliphatic carbocycles. The summed E-state index contributed by atoms with van der Waals surface area (Å²) in [6.45, 7) is 0.865. The largest absolute Gasteiger partial charge is 0.303 e. The van der Waals surface area contributed by atoms with Gasteiger partial charge in [-0.05, 0) is 72.3 Å². The molecule has 1 fully saturated rings. The lowest BCUT2D eigenvalue weighted by Gasteiger charge is -2.43. The van der Waals surface area contributed by atoms with Crippen LogP contribution < -0.4 is 5.32 Å². The first-order valence-corrected chi connectivity index (χ1v) is 11.9. The van der Waals surface area contributed by atoms with Crippen LogP contribution in [0.15, 0.2) is 91.3 Å². The third kappa shape index (κ3) is 3.77. The Balaban J connectivity index is 1.37. The standard InChI is InChI=1S/C28H24ClN5/c29-27-31-19-21-17-25(24-9-4-5-16-30-24)34(26(21)33-27)23-12-10-22(11-13-23)28(14-6-15-28)32-18-20-7-2-1-3-8-20/h1-5,7-13,16-17,19,32H,6,14-15,18H2. The van der Waals surface area contributed by atoms with Crippen LogP contribution in [0.2, 0.25) is 5.28 Å². The summed E-state index contributed by atoms with van der Waals surface area (Å²) in [4.78, 5) is 13.3. The van der Waals surface area contributed by atoms with Crippen molar-refractivity contribution in [3.8, 4) is 17.1 Å². The van der Waals surface area contributed by atoms with Crippen LogP contribution in [0, 0.1) is 0 Å². The number of pyridine rings is 1. The highest BCUT2D eigenvalue weighted by molar-refractivity contribution is 6.28. The molecule has 3 heterocycles. The number of halogens is 1. The van der Waals surface area contributed by atoms with Gasteiger partial charge in [-0.2, -0.15) is 4.98 Å². The van der Waals surface area contributed by atoms with Crippen molar-refractivity contribution in [3.63, 3.8) is 0 Å². The number of rotatable bonds is 6. The molecule has 5 aromatic rings. The SMILES string of the molecule is Clc1ncc2cc(-c3ccccn3)n(-c3ccc(C4(NCc5ccccc5)CCC4)cc3)c2n1. The van der Waals surface area contributed by atoms with Crippen molar-refractivity contribution >= 4 is 22.6 Å². The summed E-state index contributed by atoms with van der Waals surface area (Å²) < 4.78 is 2.11. The summed E-state index contributed by atoms with van der Waals surface area (Å²) in [7, 11) is 0. The molecule has 5 nitrogen and oxygen atoms in total. The second-order valence-electron chi connectivity index (χ2n) is 8.82. The molecular weight excluding hydrogens is 442 g/mol. The molecule has 2 aromatic carbocycles. The molecule has 1 N–H and O–H groups in total. The maximum Gasteiger partial charge on any atom is 0.224 e. The van der Waals surface area contributed by atoms with Crippen LogP contribution in [-0.4, -0.2) is 19.5 Å². The van der Waals surface area contributed by atoms with Gasteiger partial charge in [0.05, 0.1) is 11.4 Å². The molecule has 0 unspecified atom stereocenters. The lowest BCUT2D eigenvalue weighted by molar-refractivity contribution is 0.183. The van der Waals surface area contributed by atoms with E-state index in [9.17, 15) is 0 Å². The molecule has 1 saturated carbocycles. The van der Waals surface area contributed by atoms with Crippen LogP contribution in [0.5, 0.6) is 0 Å². The fraction of sp³-hybridized carbons (Fsp3) is 0.179. The van der Waals surface area contributed by atoms with Crippen LogP contribution in [0.25, 0.3) is 28.1 Å². The van der Waals surface area contributed by atoms with Crippen molar-refractivity contribution in [3.05, 3.63) is 108 Å². The Morgan fingerprint density at radius 2 is 1.71 bits per heavy atom. The zero-order chi connectivity index (χ0) is 23.0. The molecule has 1 aliphatic rings. The Bertz CT molecular complexity index is 1420. The Labute approximate surface area is 203 Å². The number of aromatic nitrogens is 4. The average molecular weight is 466 g/mol. The van der Waals surface area contributed by atoms with E-state index in [1.54, 1.807) is 12.4 Å². The van der Waals surface area contributed by atoms with Crippen molar-refractivity contribution < 1.29 is 0 Å². The Morgan fingerprint density at radius 1 is 0.912 bits per heavy atom. The van der Waals surface area contributed by atoms with Gasteiger partial charge in [0.2, 0.25) is 5.28 Å². The van der Waals surface area contributed by atoms with Crippen LogP contribution in [0.1, 0.15) is 30.4 Å². The number of fused-ring (bicyclic) bond motifs is 1. The fourth-order valence-electron chi connectivity index (χ4n) is 4.83. The van der Waals surface area contributed by atoms with Gasteiger partial charge in [-0.3, -0.25) is 9.55 Å². The molecule has 0 bridgehead atoms. The fourth-order valence-corrected chi connectivity index (χ4v) is 4.96. The number of benzene rings is 2. The maximum absolute atomic E-state index is 6.17. The summed E-state index contributed by atoms with van der Waals surface area (Å²) >= 11 is 6.17. The number of nitrogens with one attached hydrogen (secondary N) is 1. The summed E-state index contributed by atoms with van der Waals surface area (Å²) in [6.07, 6.45) is 7.10. The van der Waals surface area contributed by atoms with E-state index in [2.05, 4.69) is 85.5 Å². The second kappa shape index (κ2) is 8.67. The van der Waals surface area contributed by atoms with Gasteiger partial charge in [0, 0.05) is 35.6 Å². The summed E-state index contributed by atoms with van der Waals surface area (Å²) in [5.74, 6) is 0. The summed E-state index contributed by atoms with van der Waals surface area (Å²) in [6, 6.07) is 27.4. The van der Waals surface area contributed by atoms with E-state index in [-0.39, 0.29) is 10.8 Å². The molecular formula is C28H24ClN5. The van der Waals surface area contributed by atoms with E-state index in [0.717, 1.165) is 47.5 Å². The molecule has 0 spiro atoms. The van der Waals surface area contributed by atoms with Gasteiger partial charge >= 0.3 is 0 Å². The minimum atomic E-state index is 0.0302. The van der Waals surface area contributed by atoms with E-state index in [0.29, 0.717) is 0 Å². The van der Waals surface area contributed by atoms with Crippen LogP contribution >= 0.6 is 11.6 Å². The topological polar surface area (TPSA) is 55.6 Å². The highest BCUT2D eigenvalue weighted by atomic mass is 35.5. The molecule has 0 atom stereocenters. The Kier molecular flexibility index (Phi) is 5.36. The predicted octanol–water partition coefficient (Wildman–Crippen LogP) is 6.30. The summed E-state index contributed by atoms with van der Waals surface area (Å²) in [5, 5.41) is 5.00. The highest BCUT2D eigenvalue weighted by Crippen LogP contribution is 2.42. The molecule has 34 heavy (non-hydrogen) atoms. The van der Waals surface area contributed by atoms with Crippen molar-refractivity contribution in [2.75, 3.05) is 0 Å². The van der Waals surface area contributed by atoms with Crippen molar-refractivity contribution in [1.29, 1.82) is 0 Å². The van der Waals surface area contributed by atoms with E-state index in [4.69, 9.17) is 11.6 Å². The molecule has 6 heteroatoms. The van der Waals surface area contributed by atoms with Crippen LogP contribution in [0.4, 0.5) is 0 Å². The van der Waals surface area contributed by atoms with Gasteiger partial charge in [0.25, 0.3) is 0 Å². The van der Waals surface area contributed by atoms with Gasteiger partial charge in [-0.25, -0.2) is 4.98 Å². The van der Waals surface area contributed by atoms with Gasteiger partial charge in [0.1, 0.15) is 5.65 Å². The molecule has 168 valence electrons. The minimum absolute atomic E-state index is 0.0302. The van der Waals surface area contributed by atoms with E-state index < -0.39 is 0 Å². The van der Waals surface area contributed by atoms with Gasteiger partial charge in [-0.1, -0.05) is 48.5 Å². The van der Waals surface area contributed by atoms with E-state index in [1.807, 2.05) is 18.2 Å². The van der Waals surface area contributed by atoms with E-state index in [1.165, 1.54) is 17.5 Å². The molecule has 0 amide bonds. The highest BCUT2D eigenvalue weighted by Gasteiger charge is 2.38. The lowest BCUT2D eigenvalue weighted by atomic mass is 9.71. The zero-order valence-corrected chi connectivity index (χ0v) is 19.4. The second-order valence-corrected chi connectivity index (χ2v) is 9.16. The quantitative estimate of drug-likeness (QED) is 0.299. The first kappa shape index (κ1) is 21.0. The summed E-state index contributed by atoms with van der Waals surface area (Å²) in [5.41, 5.74) is 6.28. The van der Waals surface area contributed by atoms with Crippen LogP contribution in [0.3, 0.4) is 0 Å². The first-order valence-electron chi connectivity index (χ1n) is 11.6. The van der Waals surface area contributed by atoms with E-state index >= 15 is 0 Å². The molecule has 3 aromatic heterocycles. The molecule has 0 radical (unpaired) electrons. The van der Waals surface area contributed by atoms with Crippen molar-refractivity contribution in [2.24, 2.45) is 0 Å². The first-order chi connectivity index (χ1) is 16.7. The minimum Gasteiger partial charge on any atom is -0.303 e. The van der Waals surface area contributed by atoms with Gasteiger partial charge in [-0.15, -0.1) is 0 Å². The van der Waals surface area contributed by atoms with Gasteiger partial charge < -0.3 is 5.32 Å². The average Bonchev–Trinajstić information content (AvgIpc) is 3.24. The van der Waals surface area contributed by atoms with Crippen molar-refractivity contribution in [1.82, 2.24) is 24.8 Å². The third-order valence-electron chi connectivity index (χ3n) is 6.80. The maximum atomic E-state index is 6.17. The number of hydrogen-bond donors (Lipinski definition) is 1. The van der Waals surface area contributed by atoms with Crippen molar-refractivity contribution in [2.45, 2.75) is 31.3 Å².